The van der Waals surface area contributed by atoms with Crippen molar-refractivity contribution in [3.05, 3.63) is 26.6 Å². The van der Waals surface area contributed by atoms with E-state index in [1.165, 1.54) is 28.7 Å². The molecule has 0 saturated heterocycles. The van der Waals surface area contributed by atoms with Gasteiger partial charge in [-0.05, 0) is 28.7 Å². The lowest BCUT2D eigenvalue weighted by Crippen LogP contribution is -2.13. The van der Waals surface area contributed by atoms with E-state index < -0.39 is 29.6 Å². The normalized spacial score (nSPS) is 11.6. The summed E-state index contributed by atoms with van der Waals surface area (Å²) in [6.45, 7) is 0. The number of nitriles is 1. The summed E-state index contributed by atoms with van der Waals surface area (Å²) in [6.07, 6.45) is -8.03. The molecule has 0 aromatic carbocycles. The second kappa shape index (κ2) is 4.48. The molecule has 86 valence electrons. The van der Waals surface area contributed by atoms with Crippen molar-refractivity contribution in [2.75, 3.05) is 0 Å². The van der Waals surface area contributed by atoms with Crippen molar-refractivity contribution >= 4 is 22.6 Å². The van der Waals surface area contributed by atoms with Gasteiger partial charge < -0.3 is 0 Å². The van der Waals surface area contributed by atoms with Crippen molar-refractivity contribution in [1.29, 1.82) is 5.26 Å². The molecule has 0 spiro atoms. The second-order valence-corrected chi connectivity index (χ2v) is 3.82. The van der Waals surface area contributed by atoms with Gasteiger partial charge in [-0.3, -0.25) is 0 Å². The Labute approximate surface area is 100 Å². The highest BCUT2D eigenvalue weighted by molar-refractivity contribution is 14.1. The van der Waals surface area contributed by atoms with Crippen molar-refractivity contribution < 1.29 is 22.0 Å². The molecule has 1 aromatic rings. The Morgan fingerprint density at radius 1 is 1.38 bits per heavy atom. The first-order chi connectivity index (χ1) is 7.27. The van der Waals surface area contributed by atoms with Crippen molar-refractivity contribution in [1.82, 2.24) is 4.98 Å². The fourth-order valence-electron chi connectivity index (χ4n) is 0.957. The van der Waals surface area contributed by atoms with Crippen molar-refractivity contribution in [3.63, 3.8) is 0 Å². The molecule has 1 aromatic heterocycles. The molecule has 0 atom stereocenters. The van der Waals surface area contributed by atoms with Crippen LogP contribution in [0, 0.1) is 14.9 Å². The molecule has 0 unspecified atom stereocenters. The van der Waals surface area contributed by atoms with E-state index in [0.29, 0.717) is 0 Å². The lowest BCUT2D eigenvalue weighted by molar-refractivity contribution is -0.141. The van der Waals surface area contributed by atoms with Crippen LogP contribution in [0.4, 0.5) is 22.0 Å². The topological polar surface area (TPSA) is 36.7 Å². The Morgan fingerprint density at radius 2 is 1.94 bits per heavy atom. The number of hydrogen-bond acceptors (Lipinski definition) is 2. The van der Waals surface area contributed by atoms with Crippen molar-refractivity contribution in [2.45, 2.75) is 12.6 Å². The molecule has 0 saturated carbocycles. The van der Waals surface area contributed by atoms with Gasteiger partial charge in [0.25, 0.3) is 6.43 Å². The zero-order chi connectivity index (χ0) is 12.5. The Balaban J connectivity index is 3.49. The van der Waals surface area contributed by atoms with Crippen molar-refractivity contribution in [3.8, 4) is 6.07 Å². The van der Waals surface area contributed by atoms with E-state index >= 15 is 0 Å². The molecule has 2 nitrogen and oxygen atoms in total. The van der Waals surface area contributed by atoms with Gasteiger partial charge in [-0.15, -0.1) is 0 Å². The van der Waals surface area contributed by atoms with Gasteiger partial charge in [0.1, 0.15) is 11.8 Å². The summed E-state index contributed by atoms with van der Waals surface area (Å²) in [5, 5.41) is 8.45. The SMILES string of the molecule is N#Cc1cc(I)c(C(F)F)nc1C(F)(F)F. The summed E-state index contributed by atoms with van der Waals surface area (Å²) in [4.78, 5) is 2.81. The summed E-state index contributed by atoms with van der Waals surface area (Å²) in [6, 6.07) is 2.02. The van der Waals surface area contributed by atoms with Gasteiger partial charge in [0.2, 0.25) is 0 Å². The van der Waals surface area contributed by atoms with Crippen LogP contribution in [0.1, 0.15) is 23.4 Å². The second-order valence-electron chi connectivity index (χ2n) is 2.66. The monoisotopic (exact) mass is 348 g/mol. The average molecular weight is 348 g/mol. The minimum absolute atomic E-state index is 0.169. The van der Waals surface area contributed by atoms with Crippen LogP contribution in [-0.4, -0.2) is 4.98 Å². The molecular formula is C8H2F5IN2. The lowest BCUT2D eigenvalue weighted by atomic mass is 10.2. The Morgan fingerprint density at radius 3 is 2.31 bits per heavy atom. The molecule has 0 aliphatic heterocycles. The van der Waals surface area contributed by atoms with Gasteiger partial charge in [0.05, 0.1) is 5.56 Å². The maximum absolute atomic E-state index is 12.3. The third kappa shape index (κ3) is 2.58. The number of nitrogens with zero attached hydrogens (tertiary/aromatic N) is 2. The van der Waals surface area contributed by atoms with Crippen LogP contribution in [-0.2, 0) is 6.18 Å². The smallest absolute Gasteiger partial charge is 0.240 e. The molecule has 0 amide bonds. The number of pyridine rings is 1. The Kier molecular flexibility index (Phi) is 3.67. The quantitative estimate of drug-likeness (QED) is 0.575. The predicted molar refractivity (Wildman–Crippen MR) is 51.6 cm³/mol. The highest BCUT2D eigenvalue weighted by atomic mass is 127. The molecule has 0 radical (unpaired) electrons. The fraction of sp³-hybridized carbons (Fsp3) is 0.250. The molecule has 0 bridgehead atoms. The molecule has 1 heterocycles. The van der Waals surface area contributed by atoms with Crippen LogP contribution in [0.3, 0.4) is 0 Å². The molecule has 0 aliphatic rings. The summed E-state index contributed by atoms with van der Waals surface area (Å²) in [7, 11) is 0. The van der Waals surface area contributed by atoms with Crippen LogP contribution in [0.2, 0.25) is 0 Å². The van der Waals surface area contributed by atoms with E-state index in [1.54, 1.807) is 0 Å². The maximum Gasteiger partial charge on any atom is 0.434 e. The van der Waals surface area contributed by atoms with Gasteiger partial charge >= 0.3 is 6.18 Å². The third-order valence-electron chi connectivity index (χ3n) is 1.60. The molecule has 16 heavy (non-hydrogen) atoms. The molecule has 8 heteroatoms. The summed E-state index contributed by atoms with van der Waals surface area (Å²) >= 11 is 1.41. The van der Waals surface area contributed by atoms with E-state index in [-0.39, 0.29) is 3.57 Å². The number of rotatable bonds is 1. The molecule has 0 N–H and O–H groups in total. The minimum atomic E-state index is -4.92. The summed E-state index contributed by atoms with van der Waals surface area (Å²) in [5.41, 5.74) is -3.31. The highest BCUT2D eigenvalue weighted by Gasteiger charge is 2.37. The molecular weight excluding hydrogens is 346 g/mol. The highest BCUT2D eigenvalue weighted by Crippen LogP contribution is 2.33. The minimum Gasteiger partial charge on any atom is -0.240 e. The van der Waals surface area contributed by atoms with Crippen molar-refractivity contribution in [2.24, 2.45) is 0 Å². The number of halogens is 6. The van der Waals surface area contributed by atoms with Gasteiger partial charge in [-0.25, -0.2) is 13.8 Å². The van der Waals surface area contributed by atoms with E-state index in [9.17, 15) is 22.0 Å². The fourth-order valence-corrected chi connectivity index (χ4v) is 1.62. The zero-order valence-electron chi connectivity index (χ0n) is 7.32. The van der Waals surface area contributed by atoms with Gasteiger partial charge in [0, 0.05) is 3.57 Å². The van der Waals surface area contributed by atoms with Crippen LogP contribution >= 0.6 is 22.6 Å². The van der Waals surface area contributed by atoms with E-state index in [4.69, 9.17) is 5.26 Å². The van der Waals surface area contributed by atoms with Crippen LogP contribution in [0.25, 0.3) is 0 Å². The first kappa shape index (κ1) is 13.1. The van der Waals surface area contributed by atoms with Crippen LogP contribution in [0.5, 0.6) is 0 Å². The molecule has 0 fully saturated rings. The van der Waals surface area contributed by atoms with E-state index in [2.05, 4.69) is 4.98 Å². The van der Waals surface area contributed by atoms with Gasteiger partial charge in [-0.2, -0.15) is 18.4 Å². The predicted octanol–water partition coefficient (Wildman–Crippen LogP) is 3.51. The van der Waals surface area contributed by atoms with Crippen LogP contribution in [0.15, 0.2) is 6.07 Å². The first-order valence-corrected chi connectivity index (χ1v) is 4.81. The molecule has 1 rings (SSSR count). The zero-order valence-corrected chi connectivity index (χ0v) is 9.47. The Hall–Kier alpha value is -0.980. The van der Waals surface area contributed by atoms with Gasteiger partial charge in [0.15, 0.2) is 5.69 Å². The van der Waals surface area contributed by atoms with E-state index in [0.717, 1.165) is 6.07 Å². The summed E-state index contributed by atoms with van der Waals surface area (Å²) in [5.74, 6) is 0. The van der Waals surface area contributed by atoms with E-state index in [1.807, 2.05) is 0 Å². The number of hydrogen-bond donors (Lipinski definition) is 0. The summed E-state index contributed by atoms with van der Waals surface area (Å²) < 4.78 is 61.5. The number of aromatic nitrogens is 1. The Bertz CT molecular complexity index is 449. The molecule has 0 aliphatic carbocycles. The van der Waals surface area contributed by atoms with Crippen LogP contribution < -0.4 is 0 Å². The number of alkyl halides is 5. The standard InChI is InChI=1S/C8H2F5IN2/c9-7(10)5-4(14)1-3(2-15)6(16-5)8(11,12)13/h1,7H. The maximum atomic E-state index is 12.3. The first-order valence-electron chi connectivity index (χ1n) is 3.73. The third-order valence-corrected chi connectivity index (χ3v) is 2.46. The lowest BCUT2D eigenvalue weighted by Gasteiger charge is -2.10. The largest absolute Gasteiger partial charge is 0.434 e. The van der Waals surface area contributed by atoms with Gasteiger partial charge in [-0.1, -0.05) is 0 Å². The average Bonchev–Trinajstić information content (AvgIpc) is 2.14.